The molecule has 1 atom stereocenters. The Balaban J connectivity index is 2.22. The van der Waals surface area contributed by atoms with Crippen LogP contribution in [0.25, 0.3) is 0 Å². The van der Waals surface area contributed by atoms with Crippen LogP contribution in [0.4, 0.5) is 18.9 Å². The first kappa shape index (κ1) is 16.5. The Morgan fingerprint density at radius 1 is 1.26 bits per heavy atom. The highest BCUT2D eigenvalue weighted by atomic mass is 19.4. The normalized spacial score (nSPS) is 12.7. The van der Waals surface area contributed by atoms with Crippen LogP contribution in [-0.2, 0) is 11.0 Å². The Hall–Kier alpha value is -2.84. The summed E-state index contributed by atoms with van der Waals surface area (Å²) in [6, 6.07) is 4.76. The maximum Gasteiger partial charge on any atom is 0.418 e. The van der Waals surface area contributed by atoms with Crippen LogP contribution in [0.1, 0.15) is 29.0 Å². The van der Waals surface area contributed by atoms with Crippen molar-refractivity contribution in [3.8, 4) is 0 Å². The van der Waals surface area contributed by atoms with Gasteiger partial charge in [0.2, 0.25) is 0 Å². The van der Waals surface area contributed by atoms with Gasteiger partial charge in [-0.1, -0.05) is 12.1 Å². The Morgan fingerprint density at radius 3 is 2.52 bits per heavy atom. The maximum atomic E-state index is 12.9. The van der Waals surface area contributed by atoms with Crippen molar-refractivity contribution in [2.45, 2.75) is 19.1 Å². The largest absolute Gasteiger partial charge is 0.480 e. The lowest BCUT2D eigenvalue weighted by Gasteiger charge is -2.12. The minimum Gasteiger partial charge on any atom is -0.480 e. The van der Waals surface area contributed by atoms with Crippen LogP contribution in [-0.4, -0.2) is 26.8 Å². The minimum absolute atomic E-state index is 0.185. The van der Waals surface area contributed by atoms with Crippen LogP contribution in [0.15, 0.2) is 36.5 Å². The summed E-state index contributed by atoms with van der Waals surface area (Å²) in [5.74, 6) is -2.01. The van der Waals surface area contributed by atoms with E-state index < -0.39 is 35.3 Å². The quantitative estimate of drug-likeness (QED) is 0.904. The predicted octanol–water partition coefficient (Wildman–Crippen LogP) is 2.80. The highest BCUT2D eigenvalue weighted by molar-refractivity contribution is 6.03. The summed E-state index contributed by atoms with van der Waals surface area (Å²) in [5, 5.41) is 14.8. The lowest BCUT2D eigenvalue weighted by Crippen LogP contribution is -2.19. The summed E-state index contributed by atoms with van der Waals surface area (Å²) in [6.07, 6.45) is -3.34. The van der Waals surface area contributed by atoms with Gasteiger partial charge in [0.25, 0.3) is 5.91 Å². The number of aromatic nitrogens is 2. The molecule has 1 heterocycles. The molecule has 0 radical (unpaired) electrons. The second kappa shape index (κ2) is 6.11. The molecule has 0 spiro atoms. The summed E-state index contributed by atoms with van der Waals surface area (Å²) in [5.41, 5.74) is -1.56. The number of nitrogens with zero attached hydrogens (tertiary/aromatic N) is 2. The van der Waals surface area contributed by atoms with Gasteiger partial charge in [0, 0.05) is 6.20 Å². The summed E-state index contributed by atoms with van der Waals surface area (Å²) in [6.45, 7) is 1.36. The number of benzene rings is 1. The number of aliphatic carboxylic acids is 1. The number of carboxylic acids is 1. The molecule has 6 nitrogen and oxygen atoms in total. The number of amides is 1. The SMILES string of the molecule is CC(C(=O)O)n1ccc(C(=O)Nc2ccccc2C(F)(F)F)n1. The molecular weight excluding hydrogens is 315 g/mol. The van der Waals surface area contributed by atoms with E-state index >= 15 is 0 Å². The lowest BCUT2D eigenvalue weighted by atomic mass is 10.1. The van der Waals surface area contributed by atoms with Gasteiger partial charge < -0.3 is 10.4 Å². The fraction of sp³-hybridized carbons (Fsp3) is 0.214. The molecule has 0 aliphatic heterocycles. The van der Waals surface area contributed by atoms with E-state index in [4.69, 9.17) is 5.11 Å². The fourth-order valence-electron chi connectivity index (χ4n) is 1.81. The third kappa shape index (κ3) is 3.68. The van der Waals surface area contributed by atoms with Crippen molar-refractivity contribution in [1.82, 2.24) is 9.78 Å². The fourth-order valence-corrected chi connectivity index (χ4v) is 1.81. The zero-order valence-electron chi connectivity index (χ0n) is 11.8. The van der Waals surface area contributed by atoms with E-state index in [1.165, 1.54) is 31.3 Å². The Morgan fingerprint density at radius 2 is 1.91 bits per heavy atom. The number of hydrogen-bond acceptors (Lipinski definition) is 3. The molecule has 0 aliphatic carbocycles. The van der Waals surface area contributed by atoms with Crippen molar-refractivity contribution in [3.63, 3.8) is 0 Å². The molecule has 0 saturated heterocycles. The summed E-state index contributed by atoms with van der Waals surface area (Å²) in [7, 11) is 0. The van der Waals surface area contributed by atoms with Crippen LogP contribution in [0, 0.1) is 0 Å². The number of nitrogens with one attached hydrogen (secondary N) is 1. The van der Waals surface area contributed by atoms with Crippen molar-refractivity contribution in [3.05, 3.63) is 47.8 Å². The lowest BCUT2D eigenvalue weighted by molar-refractivity contribution is -0.140. The van der Waals surface area contributed by atoms with E-state index in [9.17, 15) is 22.8 Å². The van der Waals surface area contributed by atoms with E-state index in [0.29, 0.717) is 0 Å². The summed E-state index contributed by atoms with van der Waals surface area (Å²) < 4.78 is 39.6. The molecule has 0 fully saturated rings. The van der Waals surface area contributed by atoms with E-state index in [2.05, 4.69) is 10.4 Å². The van der Waals surface area contributed by atoms with Gasteiger partial charge in [0.1, 0.15) is 6.04 Å². The Labute approximate surface area is 128 Å². The minimum atomic E-state index is -4.61. The zero-order chi connectivity index (χ0) is 17.2. The van der Waals surface area contributed by atoms with Crippen molar-refractivity contribution < 1.29 is 27.9 Å². The molecule has 1 amide bonds. The van der Waals surface area contributed by atoms with Gasteiger partial charge in [-0.05, 0) is 25.1 Å². The van der Waals surface area contributed by atoms with E-state index in [-0.39, 0.29) is 5.69 Å². The van der Waals surface area contributed by atoms with Crippen LogP contribution in [0.3, 0.4) is 0 Å². The second-order valence-corrected chi connectivity index (χ2v) is 4.69. The summed E-state index contributed by atoms with van der Waals surface area (Å²) >= 11 is 0. The van der Waals surface area contributed by atoms with Crippen molar-refractivity contribution in [2.24, 2.45) is 0 Å². The highest BCUT2D eigenvalue weighted by Crippen LogP contribution is 2.34. The molecule has 2 N–H and O–H groups in total. The molecule has 9 heteroatoms. The number of anilines is 1. The average Bonchev–Trinajstić information content (AvgIpc) is 2.95. The van der Waals surface area contributed by atoms with E-state index in [1.54, 1.807) is 0 Å². The maximum absolute atomic E-state index is 12.9. The molecule has 23 heavy (non-hydrogen) atoms. The topological polar surface area (TPSA) is 84.2 Å². The van der Waals surface area contributed by atoms with Crippen molar-refractivity contribution in [1.29, 1.82) is 0 Å². The number of rotatable bonds is 4. The van der Waals surface area contributed by atoms with Crippen molar-refractivity contribution >= 4 is 17.6 Å². The molecule has 1 aromatic carbocycles. The molecular formula is C14H12F3N3O3. The third-order valence-corrected chi connectivity index (χ3v) is 3.08. The third-order valence-electron chi connectivity index (χ3n) is 3.08. The summed E-state index contributed by atoms with van der Waals surface area (Å²) in [4.78, 5) is 22.8. The van der Waals surface area contributed by atoms with E-state index in [1.807, 2.05) is 0 Å². The van der Waals surface area contributed by atoms with Gasteiger partial charge in [-0.25, -0.2) is 4.79 Å². The number of carbonyl (C=O) groups is 2. The number of halogens is 3. The second-order valence-electron chi connectivity index (χ2n) is 4.69. The van der Waals surface area contributed by atoms with Gasteiger partial charge in [0.15, 0.2) is 5.69 Å². The number of carbonyl (C=O) groups excluding carboxylic acids is 1. The number of alkyl halides is 3. The first-order valence-corrected chi connectivity index (χ1v) is 6.45. The first-order chi connectivity index (χ1) is 10.7. The van der Waals surface area contributed by atoms with Crippen LogP contribution < -0.4 is 5.32 Å². The smallest absolute Gasteiger partial charge is 0.418 e. The van der Waals surface area contributed by atoms with Crippen LogP contribution >= 0.6 is 0 Å². The number of hydrogen-bond donors (Lipinski definition) is 2. The van der Waals surface area contributed by atoms with Gasteiger partial charge in [-0.15, -0.1) is 0 Å². The average molecular weight is 327 g/mol. The highest BCUT2D eigenvalue weighted by Gasteiger charge is 2.33. The standard InChI is InChI=1S/C14H12F3N3O3/c1-8(13(22)23)20-7-6-11(19-20)12(21)18-10-5-3-2-4-9(10)14(15,16)17/h2-8H,1H3,(H,18,21)(H,22,23). The molecule has 2 rings (SSSR count). The first-order valence-electron chi connectivity index (χ1n) is 6.45. The predicted molar refractivity (Wildman–Crippen MR) is 74.0 cm³/mol. The van der Waals surface area contributed by atoms with E-state index in [0.717, 1.165) is 16.8 Å². The van der Waals surface area contributed by atoms with Crippen molar-refractivity contribution in [2.75, 3.05) is 5.32 Å². The van der Waals surface area contributed by atoms with Gasteiger partial charge in [-0.3, -0.25) is 9.48 Å². The van der Waals surface area contributed by atoms with Crippen LogP contribution in [0.2, 0.25) is 0 Å². The Bertz CT molecular complexity index is 740. The molecule has 0 saturated carbocycles. The van der Waals surface area contributed by atoms with Gasteiger partial charge >= 0.3 is 12.1 Å². The molecule has 0 bridgehead atoms. The molecule has 122 valence electrons. The zero-order valence-corrected chi connectivity index (χ0v) is 11.8. The van der Waals surface area contributed by atoms with Gasteiger partial charge in [-0.2, -0.15) is 18.3 Å². The number of para-hydroxylation sites is 1. The van der Waals surface area contributed by atoms with Gasteiger partial charge in [0.05, 0.1) is 11.3 Å². The Kier molecular flexibility index (Phi) is 4.39. The number of carboxylic acid groups (broad SMARTS) is 1. The molecule has 1 aromatic heterocycles. The molecule has 2 aromatic rings. The molecule has 0 aliphatic rings. The molecule has 1 unspecified atom stereocenters. The monoisotopic (exact) mass is 327 g/mol. The van der Waals surface area contributed by atoms with Crippen LogP contribution in [0.5, 0.6) is 0 Å².